The van der Waals surface area contributed by atoms with Gasteiger partial charge >= 0.3 is 5.97 Å². The number of hydrogen-bond acceptors (Lipinski definition) is 3. The lowest BCUT2D eigenvalue weighted by Gasteiger charge is -2.31. The second-order valence-electron chi connectivity index (χ2n) is 5.73. The summed E-state index contributed by atoms with van der Waals surface area (Å²) in [7, 11) is 0. The minimum Gasteiger partial charge on any atom is -0.478 e. The summed E-state index contributed by atoms with van der Waals surface area (Å²) in [5.41, 5.74) is 4.60. The molecule has 5 heteroatoms. The van der Waals surface area contributed by atoms with Crippen molar-refractivity contribution in [3.8, 4) is 0 Å². The van der Waals surface area contributed by atoms with Crippen molar-refractivity contribution in [2.24, 2.45) is 0 Å². The molecule has 24 heavy (non-hydrogen) atoms. The van der Waals surface area contributed by atoms with Crippen LogP contribution in [0.5, 0.6) is 0 Å². The van der Waals surface area contributed by atoms with Crippen LogP contribution < -0.4 is 5.32 Å². The number of allylic oxidation sites excluding steroid dienone is 3. The first-order valence-corrected chi connectivity index (χ1v) is 7.94. The summed E-state index contributed by atoms with van der Waals surface area (Å²) >= 11 is 6.00. The molecular formula is C19H17ClN2O2. The van der Waals surface area contributed by atoms with Crippen molar-refractivity contribution in [2.75, 3.05) is 0 Å². The highest BCUT2D eigenvalue weighted by molar-refractivity contribution is 6.30. The number of pyridine rings is 1. The zero-order valence-electron chi connectivity index (χ0n) is 13.4. The predicted octanol–water partition coefficient (Wildman–Crippen LogP) is 4.21. The summed E-state index contributed by atoms with van der Waals surface area (Å²) in [6.45, 7) is 3.74. The molecule has 1 atom stereocenters. The minimum absolute atomic E-state index is 0.335. The summed E-state index contributed by atoms with van der Waals surface area (Å²) in [6.07, 6.45) is 3.45. The molecule has 1 aromatic heterocycles. The molecule has 1 aliphatic rings. The molecule has 122 valence electrons. The number of benzene rings is 1. The molecule has 0 spiro atoms. The van der Waals surface area contributed by atoms with Gasteiger partial charge in [-0.15, -0.1) is 0 Å². The van der Waals surface area contributed by atoms with Gasteiger partial charge in [-0.1, -0.05) is 29.8 Å². The number of rotatable bonds is 3. The maximum Gasteiger partial charge on any atom is 0.334 e. The molecule has 3 rings (SSSR count). The average Bonchev–Trinajstić information content (AvgIpc) is 2.55. The van der Waals surface area contributed by atoms with Gasteiger partial charge in [-0.3, -0.25) is 4.98 Å². The van der Waals surface area contributed by atoms with Gasteiger partial charge in [-0.25, -0.2) is 4.79 Å². The normalized spacial score (nSPS) is 17.7. The Kier molecular flexibility index (Phi) is 4.40. The van der Waals surface area contributed by atoms with Crippen molar-refractivity contribution in [1.29, 1.82) is 0 Å². The van der Waals surface area contributed by atoms with Gasteiger partial charge in [-0.2, -0.15) is 0 Å². The van der Waals surface area contributed by atoms with Crippen molar-refractivity contribution in [3.63, 3.8) is 0 Å². The number of nitrogens with zero attached hydrogens (tertiary/aromatic N) is 1. The second-order valence-corrected chi connectivity index (χ2v) is 6.17. The van der Waals surface area contributed by atoms with E-state index >= 15 is 0 Å². The van der Waals surface area contributed by atoms with Crippen molar-refractivity contribution >= 4 is 23.1 Å². The third kappa shape index (κ3) is 2.93. The molecule has 0 bridgehead atoms. The van der Waals surface area contributed by atoms with E-state index in [2.05, 4.69) is 10.3 Å². The van der Waals surface area contributed by atoms with Crippen molar-refractivity contribution in [1.82, 2.24) is 10.3 Å². The molecule has 0 saturated heterocycles. The minimum atomic E-state index is -0.936. The van der Waals surface area contributed by atoms with Crippen LogP contribution in [-0.2, 0) is 4.79 Å². The Labute approximate surface area is 145 Å². The van der Waals surface area contributed by atoms with Gasteiger partial charge < -0.3 is 10.4 Å². The van der Waals surface area contributed by atoms with E-state index in [0.29, 0.717) is 16.3 Å². The second kappa shape index (κ2) is 6.49. The monoisotopic (exact) mass is 340 g/mol. The Morgan fingerprint density at radius 1 is 1.17 bits per heavy atom. The van der Waals surface area contributed by atoms with Crippen LogP contribution in [0.25, 0.3) is 5.57 Å². The lowest BCUT2D eigenvalue weighted by molar-refractivity contribution is -0.132. The molecule has 1 unspecified atom stereocenters. The van der Waals surface area contributed by atoms with Crippen LogP contribution in [0.2, 0.25) is 5.02 Å². The Morgan fingerprint density at radius 2 is 1.88 bits per heavy atom. The maximum atomic E-state index is 11.9. The Morgan fingerprint density at radius 3 is 2.46 bits per heavy atom. The Balaban J connectivity index is 2.23. The summed E-state index contributed by atoms with van der Waals surface area (Å²) < 4.78 is 0. The van der Waals surface area contributed by atoms with E-state index < -0.39 is 5.97 Å². The molecule has 0 saturated carbocycles. The first kappa shape index (κ1) is 16.3. The fraction of sp³-hybridized carbons (Fsp3) is 0.158. The smallest absolute Gasteiger partial charge is 0.334 e. The maximum absolute atomic E-state index is 11.9. The van der Waals surface area contributed by atoms with E-state index in [-0.39, 0.29) is 5.92 Å². The fourth-order valence-electron chi connectivity index (χ4n) is 3.17. The van der Waals surface area contributed by atoms with Gasteiger partial charge in [0, 0.05) is 34.7 Å². The van der Waals surface area contributed by atoms with E-state index in [1.54, 1.807) is 31.5 Å². The zero-order valence-corrected chi connectivity index (χ0v) is 14.1. The van der Waals surface area contributed by atoms with Crippen LogP contribution in [0.3, 0.4) is 0 Å². The number of halogens is 1. The molecule has 0 fully saturated rings. The first-order chi connectivity index (χ1) is 11.5. The molecule has 2 heterocycles. The van der Waals surface area contributed by atoms with Gasteiger partial charge in [0.25, 0.3) is 0 Å². The third-order valence-electron chi connectivity index (χ3n) is 4.17. The number of aliphatic carboxylic acids is 1. The molecule has 2 aromatic rings. The number of nitrogens with one attached hydrogen (secondary N) is 1. The van der Waals surface area contributed by atoms with Crippen molar-refractivity contribution in [2.45, 2.75) is 19.8 Å². The van der Waals surface area contributed by atoms with Crippen molar-refractivity contribution < 1.29 is 9.90 Å². The summed E-state index contributed by atoms with van der Waals surface area (Å²) in [5, 5.41) is 13.6. The largest absolute Gasteiger partial charge is 0.478 e. The number of carbonyl (C=O) groups is 1. The third-order valence-corrected chi connectivity index (χ3v) is 4.42. The fourth-order valence-corrected chi connectivity index (χ4v) is 3.30. The van der Waals surface area contributed by atoms with Gasteiger partial charge in [0.2, 0.25) is 0 Å². The lowest BCUT2D eigenvalue weighted by Crippen LogP contribution is -2.27. The molecule has 0 aliphatic carbocycles. The van der Waals surface area contributed by atoms with Gasteiger partial charge in [0.1, 0.15) is 0 Å². The van der Waals surface area contributed by atoms with Crippen LogP contribution in [-0.4, -0.2) is 16.1 Å². The first-order valence-electron chi connectivity index (χ1n) is 7.56. The van der Waals surface area contributed by atoms with E-state index in [4.69, 9.17) is 11.6 Å². The highest BCUT2D eigenvalue weighted by Gasteiger charge is 2.33. The van der Waals surface area contributed by atoms with E-state index in [1.807, 2.05) is 31.2 Å². The van der Waals surface area contributed by atoms with Crippen LogP contribution in [0.1, 0.15) is 30.9 Å². The number of carboxylic acid groups (broad SMARTS) is 1. The number of dihydropyridines is 1. The quantitative estimate of drug-likeness (QED) is 0.878. The van der Waals surface area contributed by atoms with Gasteiger partial charge in [-0.05, 0) is 48.7 Å². The molecular weight excluding hydrogens is 324 g/mol. The van der Waals surface area contributed by atoms with Crippen LogP contribution >= 0.6 is 11.6 Å². The van der Waals surface area contributed by atoms with Crippen molar-refractivity contribution in [3.05, 3.63) is 81.9 Å². The number of carboxylic acids is 1. The lowest BCUT2D eigenvalue weighted by atomic mass is 9.78. The van der Waals surface area contributed by atoms with E-state index in [9.17, 15) is 9.90 Å². The SMILES string of the molecule is CC1=C(C(=O)O)C(c2ccc(Cl)cc2)C(c2cccnc2)=C(C)N1. The number of aromatic nitrogens is 1. The highest BCUT2D eigenvalue weighted by Crippen LogP contribution is 2.43. The summed E-state index contributed by atoms with van der Waals surface area (Å²) in [5.74, 6) is -1.32. The molecule has 1 aromatic carbocycles. The number of hydrogen-bond donors (Lipinski definition) is 2. The summed E-state index contributed by atoms with van der Waals surface area (Å²) in [4.78, 5) is 16.1. The Bertz CT molecular complexity index is 839. The van der Waals surface area contributed by atoms with Gasteiger partial charge in [0.05, 0.1) is 5.57 Å². The van der Waals surface area contributed by atoms with Crippen LogP contribution in [0.4, 0.5) is 0 Å². The topological polar surface area (TPSA) is 62.2 Å². The molecule has 0 amide bonds. The molecule has 2 N–H and O–H groups in total. The van der Waals surface area contributed by atoms with Crippen LogP contribution in [0.15, 0.2) is 65.8 Å². The Hall–Kier alpha value is -2.59. The van der Waals surface area contributed by atoms with Crippen LogP contribution in [0, 0.1) is 0 Å². The molecule has 4 nitrogen and oxygen atoms in total. The summed E-state index contributed by atoms with van der Waals surface area (Å²) in [6, 6.07) is 11.1. The van der Waals surface area contributed by atoms with E-state index in [0.717, 1.165) is 22.4 Å². The standard InChI is InChI=1S/C19H17ClN2O2/c1-11-16(14-4-3-9-21-10-14)18(13-5-7-15(20)8-6-13)17(19(23)24)12(2)22-11/h3-10,18,22H,1-2H3,(H,23,24). The van der Waals surface area contributed by atoms with E-state index in [1.165, 1.54) is 0 Å². The molecule has 1 aliphatic heterocycles. The average molecular weight is 341 g/mol. The highest BCUT2D eigenvalue weighted by atomic mass is 35.5. The predicted molar refractivity (Wildman–Crippen MR) is 94.5 cm³/mol. The van der Waals surface area contributed by atoms with Gasteiger partial charge in [0.15, 0.2) is 0 Å². The molecule has 0 radical (unpaired) electrons. The zero-order chi connectivity index (χ0) is 17.3.